The van der Waals surface area contributed by atoms with Gasteiger partial charge in [0.05, 0.1) is 0 Å². The lowest BCUT2D eigenvalue weighted by Gasteiger charge is -2.31. The first-order valence-corrected chi connectivity index (χ1v) is 7.15. The zero-order valence-electron chi connectivity index (χ0n) is 11.6. The molecule has 96 valence electrons. The summed E-state index contributed by atoms with van der Waals surface area (Å²) in [5.74, 6) is 0.889. The molecule has 1 saturated heterocycles. The van der Waals surface area contributed by atoms with Gasteiger partial charge in [-0.05, 0) is 38.6 Å². The molecule has 0 aromatic heterocycles. The van der Waals surface area contributed by atoms with Crippen LogP contribution in [0.5, 0.6) is 0 Å². The Balaban J connectivity index is 2.41. The van der Waals surface area contributed by atoms with Gasteiger partial charge in [-0.2, -0.15) is 0 Å². The number of likely N-dealkylation sites (tertiary alicyclic amines) is 1. The molecule has 16 heavy (non-hydrogen) atoms. The van der Waals surface area contributed by atoms with Crippen molar-refractivity contribution in [1.82, 2.24) is 10.2 Å². The minimum atomic E-state index is 0.761. The minimum absolute atomic E-state index is 0.761. The SMILES string of the molecule is CCCNCC(CCC)N1CC(C)CC1C. The zero-order chi connectivity index (χ0) is 12.0. The van der Waals surface area contributed by atoms with Crippen LogP contribution in [0.1, 0.15) is 53.4 Å². The Kier molecular flexibility index (Phi) is 6.37. The van der Waals surface area contributed by atoms with Gasteiger partial charge in [0.1, 0.15) is 0 Å². The third-order valence-electron chi connectivity index (χ3n) is 3.73. The van der Waals surface area contributed by atoms with E-state index >= 15 is 0 Å². The standard InChI is InChI=1S/C14H30N2/c1-5-7-14(10-15-8-6-2)16-11-12(3)9-13(16)4/h12-15H,5-11H2,1-4H3. The third kappa shape index (κ3) is 4.06. The summed E-state index contributed by atoms with van der Waals surface area (Å²) in [5.41, 5.74) is 0. The smallest absolute Gasteiger partial charge is 0.0223 e. The second-order valence-corrected chi connectivity index (χ2v) is 5.53. The predicted molar refractivity (Wildman–Crippen MR) is 71.8 cm³/mol. The van der Waals surface area contributed by atoms with Gasteiger partial charge in [0, 0.05) is 25.2 Å². The van der Waals surface area contributed by atoms with Gasteiger partial charge in [-0.1, -0.05) is 27.2 Å². The lowest BCUT2D eigenvalue weighted by atomic mass is 10.1. The average molecular weight is 226 g/mol. The van der Waals surface area contributed by atoms with Crippen LogP contribution in [-0.2, 0) is 0 Å². The number of hydrogen-bond acceptors (Lipinski definition) is 2. The van der Waals surface area contributed by atoms with Gasteiger partial charge in [0.2, 0.25) is 0 Å². The quantitative estimate of drug-likeness (QED) is 0.672. The highest BCUT2D eigenvalue weighted by molar-refractivity contribution is 4.86. The van der Waals surface area contributed by atoms with Crippen molar-refractivity contribution in [3.8, 4) is 0 Å². The molecule has 0 aromatic rings. The van der Waals surface area contributed by atoms with Crippen molar-refractivity contribution in [2.75, 3.05) is 19.6 Å². The Bertz CT molecular complexity index is 182. The van der Waals surface area contributed by atoms with Gasteiger partial charge in [0.15, 0.2) is 0 Å². The highest BCUT2D eigenvalue weighted by atomic mass is 15.2. The topological polar surface area (TPSA) is 15.3 Å². The monoisotopic (exact) mass is 226 g/mol. The fourth-order valence-electron chi connectivity index (χ4n) is 3.00. The van der Waals surface area contributed by atoms with Crippen LogP contribution in [0.25, 0.3) is 0 Å². The van der Waals surface area contributed by atoms with Gasteiger partial charge in [-0.25, -0.2) is 0 Å². The average Bonchev–Trinajstić information content (AvgIpc) is 2.57. The predicted octanol–water partition coefficient (Wildman–Crippen LogP) is 2.89. The molecule has 0 amide bonds. The van der Waals surface area contributed by atoms with Crippen molar-refractivity contribution in [2.24, 2.45) is 5.92 Å². The Hall–Kier alpha value is -0.0800. The van der Waals surface area contributed by atoms with E-state index in [1.807, 2.05) is 0 Å². The van der Waals surface area contributed by atoms with Crippen molar-refractivity contribution >= 4 is 0 Å². The van der Waals surface area contributed by atoms with E-state index in [2.05, 4.69) is 37.9 Å². The highest BCUT2D eigenvalue weighted by Gasteiger charge is 2.30. The summed E-state index contributed by atoms with van der Waals surface area (Å²) in [6.45, 7) is 13.0. The molecule has 1 fully saturated rings. The second-order valence-electron chi connectivity index (χ2n) is 5.53. The Morgan fingerprint density at radius 2 is 2.00 bits per heavy atom. The maximum absolute atomic E-state index is 3.59. The normalized spacial score (nSPS) is 28.5. The van der Waals surface area contributed by atoms with Crippen molar-refractivity contribution in [3.63, 3.8) is 0 Å². The molecule has 1 heterocycles. The third-order valence-corrected chi connectivity index (χ3v) is 3.73. The molecular formula is C14H30N2. The summed E-state index contributed by atoms with van der Waals surface area (Å²) in [6, 6.07) is 1.55. The molecule has 0 aromatic carbocycles. The van der Waals surface area contributed by atoms with Crippen LogP contribution in [0.2, 0.25) is 0 Å². The van der Waals surface area contributed by atoms with Gasteiger partial charge in [-0.15, -0.1) is 0 Å². The Morgan fingerprint density at radius 3 is 2.50 bits per heavy atom. The summed E-state index contributed by atoms with van der Waals surface area (Å²) in [6.07, 6.45) is 5.27. The summed E-state index contributed by atoms with van der Waals surface area (Å²) in [7, 11) is 0. The zero-order valence-corrected chi connectivity index (χ0v) is 11.6. The van der Waals surface area contributed by atoms with Crippen molar-refractivity contribution in [1.29, 1.82) is 0 Å². The van der Waals surface area contributed by atoms with Crippen LogP contribution in [0.15, 0.2) is 0 Å². The molecule has 1 aliphatic rings. The molecule has 0 bridgehead atoms. The van der Waals surface area contributed by atoms with E-state index in [0.29, 0.717) is 0 Å². The van der Waals surface area contributed by atoms with Crippen LogP contribution >= 0.6 is 0 Å². The molecule has 3 atom stereocenters. The number of rotatable bonds is 7. The van der Waals surface area contributed by atoms with Gasteiger partial charge < -0.3 is 5.32 Å². The molecule has 0 aliphatic carbocycles. The summed E-state index contributed by atoms with van der Waals surface area (Å²) >= 11 is 0. The molecule has 1 N–H and O–H groups in total. The lowest BCUT2D eigenvalue weighted by Crippen LogP contribution is -2.44. The first-order valence-electron chi connectivity index (χ1n) is 7.15. The molecule has 1 rings (SSSR count). The van der Waals surface area contributed by atoms with Crippen molar-refractivity contribution < 1.29 is 0 Å². The van der Waals surface area contributed by atoms with E-state index in [4.69, 9.17) is 0 Å². The largest absolute Gasteiger partial charge is 0.315 e. The van der Waals surface area contributed by atoms with E-state index in [9.17, 15) is 0 Å². The van der Waals surface area contributed by atoms with Gasteiger partial charge in [0.25, 0.3) is 0 Å². The highest BCUT2D eigenvalue weighted by Crippen LogP contribution is 2.25. The number of hydrogen-bond donors (Lipinski definition) is 1. The fourth-order valence-corrected chi connectivity index (χ4v) is 3.00. The number of nitrogens with one attached hydrogen (secondary N) is 1. The summed E-state index contributed by atoms with van der Waals surface area (Å²) < 4.78 is 0. The van der Waals surface area contributed by atoms with Crippen LogP contribution in [0.3, 0.4) is 0 Å². The maximum Gasteiger partial charge on any atom is 0.0223 e. The van der Waals surface area contributed by atoms with E-state index in [1.165, 1.54) is 38.8 Å². The fraction of sp³-hybridized carbons (Fsp3) is 1.00. The van der Waals surface area contributed by atoms with Crippen molar-refractivity contribution in [2.45, 2.75) is 65.5 Å². The first kappa shape index (κ1) is 14.0. The first-order chi connectivity index (χ1) is 7.69. The van der Waals surface area contributed by atoms with Crippen LogP contribution in [-0.4, -0.2) is 36.6 Å². The molecule has 3 unspecified atom stereocenters. The Morgan fingerprint density at radius 1 is 1.25 bits per heavy atom. The number of nitrogens with zero attached hydrogens (tertiary/aromatic N) is 1. The molecule has 0 saturated carbocycles. The molecule has 2 nitrogen and oxygen atoms in total. The summed E-state index contributed by atoms with van der Waals surface area (Å²) in [4.78, 5) is 2.73. The summed E-state index contributed by atoms with van der Waals surface area (Å²) in [5, 5.41) is 3.59. The van der Waals surface area contributed by atoms with E-state index < -0.39 is 0 Å². The molecule has 1 aliphatic heterocycles. The molecule has 2 heteroatoms. The molecular weight excluding hydrogens is 196 g/mol. The second kappa shape index (κ2) is 7.29. The minimum Gasteiger partial charge on any atom is -0.315 e. The van der Waals surface area contributed by atoms with Crippen LogP contribution in [0, 0.1) is 5.92 Å². The van der Waals surface area contributed by atoms with E-state index in [-0.39, 0.29) is 0 Å². The van der Waals surface area contributed by atoms with Crippen LogP contribution in [0.4, 0.5) is 0 Å². The van der Waals surface area contributed by atoms with E-state index in [1.54, 1.807) is 0 Å². The maximum atomic E-state index is 3.59. The lowest BCUT2D eigenvalue weighted by molar-refractivity contribution is 0.172. The van der Waals surface area contributed by atoms with Gasteiger partial charge in [-0.3, -0.25) is 4.90 Å². The molecule has 0 radical (unpaired) electrons. The van der Waals surface area contributed by atoms with Crippen LogP contribution < -0.4 is 5.32 Å². The van der Waals surface area contributed by atoms with Gasteiger partial charge >= 0.3 is 0 Å². The van der Waals surface area contributed by atoms with E-state index in [0.717, 1.165) is 24.5 Å². The molecule has 0 spiro atoms. The van der Waals surface area contributed by atoms with Crippen molar-refractivity contribution in [3.05, 3.63) is 0 Å². The Labute approximate surface area is 102 Å².